The summed E-state index contributed by atoms with van der Waals surface area (Å²) < 4.78 is 19.5. The van der Waals surface area contributed by atoms with Crippen LogP contribution in [-0.2, 0) is 0 Å². The summed E-state index contributed by atoms with van der Waals surface area (Å²) in [7, 11) is 2.20. The Hall–Kier alpha value is -3.31. The summed E-state index contributed by atoms with van der Waals surface area (Å²) >= 11 is 0. The molecule has 2 bridgehead atoms. The van der Waals surface area contributed by atoms with Gasteiger partial charge in [-0.1, -0.05) is 71.9 Å². The van der Waals surface area contributed by atoms with E-state index in [-0.39, 0.29) is 17.7 Å². The summed E-state index contributed by atoms with van der Waals surface area (Å²) in [4.78, 5) is 7.35. The molecule has 2 saturated heterocycles. The van der Waals surface area contributed by atoms with Gasteiger partial charge in [0.05, 0.1) is 5.92 Å². The minimum atomic E-state index is -0.203. The molecule has 0 aliphatic carbocycles. The van der Waals surface area contributed by atoms with E-state index in [0.29, 0.717) is 23.8 Å². The maximum absolute atomic E-state index is 13.6. The fourth-order valence-electron chi connectivity index (χ4n) is 5.79. The Morgan fingerprint density at radius 3 is 2.30 bits per heavy atom. The fraction of sp³-hybridized carbons (Fsp3) is 0.286. The Kier molecular flexibility index (Phi) is 5.07. The molecule has 5 heteroatoms. The molecule has 0 amide bonds. The highest BCUT2D eigenvalue weighted by atomic mass is 19.1. The van der Waals surface area contributed by atoms with Crippen molar-refractivity contribution in [3.63, 3.8) is 0 Å². The standard InChI is InChI=1S/C28H26FN3O/c1-32-23-15-16-25(32)26(24(17-23)20-11-13-22(29)14-12-20)28-30-27(31-33-28)21-9-7-19(8-10-21)18-5-3-2-4-6-18/h2-14,23-26H,15-17H2,1H3/t23-,24+,25+,26+/m1/s1. The summed E-state index contributed by atoms with van der Waals surface area (Å²) in [5, 5.41) is 4.35. The van der Waals surface area contributed by atoms with E-state index in [1.54, 1.807) is 12.1 Å². The Labute approximate surface area is 193 Å². The quantitative estimate of drug-likeness (QED) is 0.375. The van der Waals surface area contributed by atoms with Crippen LogP contribution in [0.5, 0.6) is 0 Å². The van der Waals surface area contributed by atoms with E-state index >= 15 is 0 Å². The van der Waals surface area contributed by atoms with Crippen LogP contribution in [0.4, 0.5) is 4.39 Å². The summed E-state index contributed by atoms with van der Waals surface area (Å²) in [6, 6.07) is 26.4. The number of fused-ring (bicyclic) bond motifs is 2. The Morgan fingerprint density at radius 2 is 1.55 bits per heavy atom. The molecule has 0 spiro atoms. The van der Waals surface area contributed by atoms with Gasteiger partial charge in [0.15, 0.2) is 0 Å². The molecule has 4 aromatic rings. The van der Waals surface area contributed by atoms with Crippen LogP contribution in [-0.4, -0.2) is 34.2 Å². The molecule has 2 aliphatic rings. The molecule has 2 aliphatic heterocycles. The molecule has 3 heterocycles. The van der Waals surface area contributed by atoms with E-state index in [2.05, 4.69) is 41.4 Å². The third kappa shape index (κ3) is 3.66. The fourth-order valence-corrected chi connectivity index (χ4v) is 5.79. The zero-order chi connectivity index (χ0) is 22.4. The average Bonchev–Trinajstić information content (AvgIpc) is 3.42. The van der Waals surface area contributed by atoms with Gasteiger partial charge < -0.3 is 4.52 Å². The van der Waals surface area contributed by atoms with Crippen molar-refractivity contribution in [1.82, 2.24) is 15.0 Å². The van der Waals surface area contributed by atoms with Crippen molar-refractivity contribution in [3.05, 3.63) is 96.1 Å². The average molecular weight is 440 g/mol. The molecule has 0 N–H and O–H groups in total. The number of hydrogen-bond donors (Lipinski definition) is 0. The van der Waals surface area contributed by atoms with Crippen LogP contribution < -0.4 is 0 Å². The van der Waals surface area contributed by atoms with Gasteiger partial charge in [0.2, 0.25) is 11.7 Å². The Morgan fingerprint density at radius 1 is 0.848 bits per heavy atom. The largest absolute Gasteiger partial charge is 0.339 e. The number of nitrogens with zero attached hydrogens (tertiary/aromatic N) is 3. The topological polar surface area (TPSA) is 42.2 Å². The first-order valence-electron chi connectivity index (χ1n) is 11.6. The van der Waals surface area contributed by atoms with Crippen LogP contribution in [0.25, 0.3) is 22.5 Å². The molecule has 33 heavy (non-hydrogen) atoms. The van der Waals surface area contributed by atoms with Crippen LogP contribution in [0.3, 0.4) is 0 Å². The van der Waals surface area contributed by atoms with E-state index in [1.807, 2.05) is 42.5 Å². The number of hydrogen-bond acceptors (Lipinski definition) is 4. The summed E-state index contributed by atoms with van der Waals surface area (Å²) in [5.74, 6) is 1.44. The van der Waals surface area contributed by atoms with Gasteiger partial charge in [-0.05, 0) is 61.1 Å². The summed E-state index contributed by atoms with van der Waals surface area (Å²) in [5.41, 5.74) is 4.43. The van der Waals surface area contributed by atoms with Gasteiger partial charge in [0.1, 0.15) is 5.82 Å². The van der Waals surface area contributed by atoms with E-state index in [0.717, 1.165) is 29.5 Å². The monoisotopic (exact) mass is 439 g/mol. The van der Waals surface area contributed by atoms with Crippen LogP contribution in [0.15, 0.2) is 83.4 Å². The predicted molar refractivity (Wildman–Crippen MR) is 126 cm³/mol. The lowest BCUT2D eigenvalue weighted by Gasteiger charge is -2.41. The summed E-state index contributed by atoms with van der Waals surface area (Å²) in [6.07, 6.45) is 3.32. The van der Waals surface area contributed by atoms with Crippen LogP contribution in [0.2, 0.25) is 0 Å². The van der Waals surface area contributed by atoms with Crippen LogP contribution >= 0.6 is 0 Å². The smallest absolute Gasteiger partial charge is 0.232 e. The molecule has 0 saturated carbocycles. The van der Waals surface area contributed by atoms with Gasteiger partial charge in [0.25, 0.3) is 0 Å². The van der Waals surface area contributed by atoms with E-state index < -0.39 is 0 Å². The number of benzene rings is 3. The first kappa shape index (κ1) is 20.3. The molecule has 166 valence electrons. The van der Waals surface area contributed by atoms with Gasteiger partial charge in [-0.2, -0.15) is 4.98 Å². The van der Waals surface area contributed by atoms with Crippen molar-refractivity contribution in [2.24, 2.45) is 0 Å². The van der Waals surface area contributed by atoms with Crippen molar-refractivity contribution in [2.45, 2.75) is 43.2 Å². The normalized spacial score (nSPS) is 24.8. The van der Waals surface area contributed by atoms with E-state index in [9.17, 15) is 4.39 Å². The second-order valence-corrected chi connectivity index (χ2v) is 9.28. The van der Waals surface area contributed by atoms with Crippen molar-refractivity contribution in [3.8, 4) is 22.5 Å². The maximum Gasteiger partial charge on any atom is 0.232 e. The molecular formula is C28H26FN3O. The van der Waals surface area contributed by atoms with Crippen molar-refractivity contribution >= 4 is 0 Å². The first-order chi connectivity index (χ1) is 16.2. The second kappa shape index (κ2) is 8.23. The van der Waals surface area contributed by atoms with Gasteiger partial charge >= 0.3 is 0 Å². The summed E-state index contributed by atoms with van der Waals surface area (Å²) in [6.45, 7) is 0. The zero-order valence-electron chi connectivity index (χ0n) is 18.6. The zero-order valence-corrected chi connectivity index (χ0v) is 18.6. The highest BCUT2D eigenvalue weighted by Crippen LogP contribution is 2.50. The second-order valence-electron chi connectivity index (χ2n) is 9.28. The molecule has 0 radical (unpaired) electrons. The van der Waals surface area contributed by atoms with Gasteiger partial charge in [-0.25, -0.2) is 4.39 Å². The minimum Gasteiger partial charge on any atom is -0.339 e. The highest BCUT2D eigenvalue weighted by Gasteiger charge is 2.48. The van der Waals surface area contributed by atoms with Gasteiger partial charge in [-0.15, -0.1) is 0 Å². The molecular weight excluding hydrogens is 413 g/mol. The number of likely N-dealkylation sites (N-methyl/N-ethyl adjacent to an activating group) is 1. The van der Waals surface area contributed by atoms with Gasteiger partial charge in [-0.3, -0.25) is 4.90 Å². The van der Waals surface area contributed by atoms with Crippen molar-refractivity contribution in [1.29, 1.82) is 0 Å². The molecule has 0 unspecified atom stereocenters. The van der Waals surface area contributed by atoms with Gasteiger partial charge in [0, 0.05) is 17.6 Å². The highest BCUT2D eigenvalue weighted by molar-refractivity contribution is 5.67. The lowest BCUT2D eigenvalue weighted by Crippen LogP contribution is -2.44. The minimum absolute atomic E-state index is 0.101. The molecule has 2 fully saturated rings. The number of aromatic nitrogens is 2. The Balaban J connectivity index is 1.32. The molecule has 1 aromatic heterocycles. The Bertz CT molecular complexity index is 1240. The number of halogens is 1. The number of rotatable bonds is 4. The third-order valence-corrected chi connectivity index (χ3v) is 7.54. The molecule has 6 rings (SSSR count). The van der Waals surface area contributed by atoms with E-state index in [1.165, 1.54) is 12.0 Å². The van der Waals surface area contributed by atoms with Crippen LogP contribution in [0, 0.1) is 5.82 Å². The maximum atomic E-state index is 13.6. The first-order valence-corrected chi connectivity index (χ1v) is 11.6. The lowest BCUT2D eigenvalue weighted by atomic mass is 9.76. The van der Waals surface area contributed by atoms with Crippen molar-refractivity contribution in [2.75, 3.05) is 7.05 Å². The third-order valence-electron chi connectivity index (χ3n) is 7.54. The number of piperidine rings is 1. The van der Waals surface area contributed by atoms with Crippen molar-refractivity contribution < 1.29 is 8.91 Å². The van der Waals surface area contributed by atoms with Crippen LogP contribution in [0.1, 0.15) is 42.6 Å². The lowest BCUT2D eigenvalue weighted by molar-refractivity contribution is 0.120. The molecule has 4 nitrogen and oxygen atoms in total. The van der Waals surface area contributed by atoms with E-state index in [4.69, 9.17) is 9.51 Å². The molecule has 4 atom stereocenters. The SMILES string of the molecule is CN1[C@@H]2CC[C@H]1[C@@H](c1nc(-c3ccc(-c4ccccc4)cc3)no1)[C@H](c1ccc(F)cc1)C2. The predicted octanol–water partition coefficient (Wildman–Crippen LogP) is 6.28. The molecule has 3 aromatic carbocycles.